The van der Waals surface area contributed by atoms with Gasteiger partial charge in [-0.2, -0.15) is 0 Å². The maximum Gasteiger partial charge on any atom is 1.00 e. The molecule has 0 atom stereocenters. The molecule has 7 heteroatoms. The number of nitrogens with zero attached hydrogens (tertiary/aromatic N) is 2. The van der Waals surface area contributed by atoms with Crippen LogP contribution in [0.5, 0.6) is 0 Å². The predicted octanol–water partition coefficient (Wildman–Crippen LogP) is 2.54. The monoisotopic (exact) mass is 834 g/mol. The van der Waals surface area contributed by atoms with Gasteiger partial charge in [0.15, 0.2) is 0 Å². The van der Waals surface area contributed by atoms with Crippen molar-refractivity contribution in [3.8, 4) is 0 Å². The molecule has 3 nitrogen and oxygen atoms in total. The van der Waals surface area contributed by atoms with Gasteiger partial charge in [-0.05, 0) is 59.2 Å². The Bertz CT molecular complexity index is 1860. The summed E-state index contributed by atoms with van der Waals surface area (Å²) in [5, 5.41) is 18.3. The van der Waals surface area contributed by atoms with E-state index in [1.54, 1.807) is 20.8 Å². The van der Waals surface area contributed by atoms with E-state index >= 15 is 0 Å². The van der Waals surface area contributed by atoms with E-state index in [1.165, 1.54) is 31.8 Å². The Labute approximate surface area is 363 Å². The van der Waals surface area contributed by atoms with E-state index in [9.17, 15) is 5.11 Å². The number of hydrogen-bond acceptors (Lipinski definition) is 1. The number of rotatable bonds is 11. The van der Waals surface area contributed by atoms with Gasteiger partial charge in [0.05, 0.1) is 12.6 Å². The summed E-state index contributed by atoms with van der Waals surface area (Å²) in [4.78, 5) is 7.14. The van der Waals surface area contributed by atoms with Gasteiger partial charge in [-0.1, -0.05) is 172 Å². The summed E-state index contributed by atoms with van der Waals surface area (Å²) in [6, 6.07) is 64.7. The van der Waals surface area contributed by atoms with Gasteiger partial charge in [0.1, 0.15) is 23.2 Å². The minimum absolute atomic E-state index is 0. The van der Waals surface area contributed by atoms with Crippen molar-refractivity contribution in [3.05, 3.63) is 205 Å². The molecule has 6 aromatic rings. The van der Waals surface area contributed by atoms with Gasteiger partial charge < -0.3 is 31.8 Å². The Morgan fingerprint density at radius 3 is 1.07 bits per heavy atom. The third-order valence-corrected chi connectivity index (χ3v) is 17.2. The molecule has 0 amide bonds. The largest absolute Gasteiger partial charge is 1.00 e. The molecule has 0 fully saturated rings. The summed E-state index contributed by atoms with van der Waals surface area (Å²) in [5.74, 6) is 2.41. The molecule has 0 saturated heterocycles. The fourth-order valence-corrected chi connectivity index (χ4v) is 14.6. The summed E-state index contributed by atoms with van der Waals surface area (Å²) in [6.07, 6.45) is 2.76. The molecule has 0 saturated carbocycles. The molecule has 276 valence electrons. The standard InChI is InChI=1S/C22H21NP.C22H20NP.C4H9O.BrH.Na/c2*1-23-18-11-19-24(20-12-5-2-6-13-20,21-14-7-3-8-15-21)22-16-9-4-10-17-22;1-4(2,3)5;;/h2-10,12-17H,11,18-19H2;2-10,12-17,19H,11,18H2;1-3H3;1H;/q+1;;-1;;+1/p-1. The first-order valence-corrected chi connectivity index (χ1v) is 21.9. The molecular weight excluding hydrogens is 785 g/mol. The van der Waals surface area contributed by atoms with Crippen LogP contribution in [0.3, 0.4) is 0 Å². The van der Waals surface area contributed by atoms with Crippen LogP contribution < -0.4 is 83.5 Å². The molecule has 0 heterocycles. The Balaban J connectivity index is 0.000000328. The number of benzene rings is 6. The van der Waals surface area contributed by atoms with Gasteiger partial charge >= 0.3 is 29.6 Å². The normalized spacial score (nSPS) is 10.6. The fourth-order valence-electron chi connectivity index (χ4n) is 6.34. The molecule has 6 aromatic carbocycles. The van der Waals surface area contributed by atoms with E-state index in [1.807, 2.05) is 0 Å². The second kappa shape index (κ2) is 24.9. The van der Waals surface area contributed by atoms with Crippen LogP contribution in [0.2, 0.25) is 0 Å². The van der Waals surface area contributed by atoms with Crippen LogP contribution in [-0.4, -0.2) is 30.6 Å². The first-order valence-electron chi connectivity index (χ1n) is 18.1. The van der Waals surface area contributed by atoms with Crippen LogP contribution in [0.1, 0.15) is 33.6 Å². The Kier molecular flexibility index (Phi) is 21.5. The first-order chi connectivity index (χ1) is 25.8. The smallest absolute Gasteiger partial charge is 1.00 e. The summed E-state index contributed by atoms with van der Waals surface area (Å²) in [5.41, 5.74) is -0.750. The van der Waals surface area contributed by atoms with Crippen molar-refractivity contribution in [2.24, 2.45) is 0 Å². The van der Waals surface area contributed by atoms with E-state index in [4.69, 9.17) is 13.1 Å². The van der Waals surface area contributed by atoms with Crippen molar-refractivity contribution >= 4 is 51.8 Å². The second-order valence-corrected chi connectivity index (χ2v) is 20.4. The van der Waals surface area contributed by atoms with Crippen LogP contribution in [-0.2, 0) is 0 Å². The van der Waals surface area contributed by atoms with Crippen molar-refractivity contribution < 1.29 is 51.6 Å². The quantitative estimate of drug-likeness (QED) is 0.0856. The molecule has 0 N–H and O–H groups in total. The van der Waals surface area contributed by atoms with Gasteiger partial charge in [-0.3, -0.25) is 0 Å². The Hall–Kier alpha value is -3.53. The topological polar surface area (TPSA) is 31.8 Å². The van der Waals surface area contributed by atoms with E-state index in [0.717, 1.165) is 19.0 Å². The first kappa shape index (κ1) is 47.6. The van der Waals surface area contributed by atoms with Gasteiger partial charge in [0, 0.05) is 6.42 Å². The minimum atomic E-state index is -1.85. The molecule has 6 rings (SSSR count). The van der Waals surface area contributed by atoms with Crippen LogP contribution >= 0.6 is 14.1 Å². The zero-order valence-electron chi connectivity index (χ0n) is 32.5. The van der Waals surface area contributed by atoms with Gasteiger partial charge in [0.25, 0.3) is 0 Å². The van der Waals surface area contributed by atoms with E-state index in [-0.39, 0.29) is 46.5 Å². The van der Waals surface area contributed by atoms with Crippen molar-refractivity contribution in [2.75, 3.05) is 19.3 Å². The van der Waals surface area contributed by atoms with Gasteiger partial charge in [-0.15, -0.1) is 5.60 Å². The SMILES string of the molecule is CC(C)(C)[O-].[Br-].[C-]#[N+]CCC=P(c1ccccc1)(c1ccccc1)c1ccccc1.[C-]#[N+]CCC[P+](c1ccccc1)(c1ccccc1)c1ccccc1.[Na+]. The van der Waals surface area contributed by atoms with Crippen LogP contribution in [0.4, 0.5) is 0 Å². The summed E-state index contributed by atoms with van der Waals surface area (Å²) in [7, 11) is -1.73. The maximum atomic E-state index is 10.1. The van der Waals surface area contributed by atoms with Crippen LogP contribution in [0.25, 0.3) is 9.69 Å². The molecule has 55 heavy (non-hydrogen) atoms. The van der Waals surface area contributed by atoms with Crippen LogP contribution in [0, 0.1) is 13.1 Å². The van der Waals surface area contributed by atoms with Crippen LogP contribution in [0.15, 0.2) is 182 Å². The molecule has 0 aromatic heterocycles. The summed E-state index contributed by atoms with van der Waals surface area (Å²) in [6.45, 7) is 18.5. The van der Waals surface area contributed by atoms with E-state index in [2.05, 4.69) is 197 Å². The Morgan fingerprint density at radius 1 is 0.527 bits per heavy atom. The predicted molar refractivity (Wildman–Crippen MR) is 233 cm³/mol. The third-order valence-electron chi connectivity index (χ3n) is 8.49. The fraction of sp³-hybridized carbons (Fsp3) is 0.188. The summed E-state index contributed by atoms with van der Waals surface area (Å²) < 4.78 is 0. The van der Waals surface area contributed by atoms with Gasteiger partial charge in [-0.25, -0.2) is 13.1 Å². The average Bonchev–Trinajstić information content (AvgIpc) is 3.20. The zero-order valence-corrected chi connectivity index (χ0v) is 37.9. The molecule has 0 radical (unpaired) electrons. The van der Waals surface area contributed by atoms with E-state index < -0.39 is 19.7 Å². The van der Waals surface area contributed by atoms with Gasteiger partial charge in [0.2, 0.25) is 13.1 Å². The van der Waals surface area contributed by atoms with E-state index in [0.29, 0.717) is 13.1 Å². The number of halogens is 1. The Morgan fingerprint density at radius 2 is 0.800 bits per heavy atom. The molecule has 0 spiro atoms. The minimum Gasteiger partial charge on any atom is -1.00 e. The zero-order chi connectivity index (χ0) is 37.8. The molecule has 0 bridgehead atoms. The average molecular weight is 836 g/mol. The summed E-state index contributed by atoms with van der Waals surface area (Å²) >= 11 is 0. The third kappa shape index (κ3) is 13.9. The molecule has 0 aliphatic heterocycles. The molecular formula is C48H50BrN2NaOP2. The maximum absolute atomic E-state index is 10.1. The van der Waals surface area contributed by atoms with Crippen molar-refractivity contribution in [3.63, 3.8) is 0 Å². The second-order valence-electron chi connectivity index (χ2n) is 13.5. The molecule has 0 aliphatic carbocycles. The van der Waals surface area contributed by atoms with Crippen molar-refractivity contribution in [1.29, 1.82) is 0 Å². The molecule has 0 unspecified atom stereocenters. The molecule has 0 aliphatic rings. The number of hydrogen-bond donors (Lipinski definition) is 0. The van der Waals surface area contributed by atoms with Crippen molar-refractivity contribution in [1.82, 2.24) is 0 Å². The van der Waals surface area contributed by atoms with Crippen molar-refractivity contribution in [2.45, 2.75) is 39.2 Å².